The van der Waals surface area contributed by atoms with Gasteiger partial charge in [-0.2, -0.15) is 0 Å². The Morgan fingerprint density at radius 1 is 1.36 bits per heavy atom. The fraction of sp³-hybridized carbons (Fsp3) is 0.400. The van der Waals surface area contributed by atoms with E-state index >= 15 is 0 Å². The van der Waals surface area contributed by atoms with Crippen LogP contribution in [0.4, 0.5) is 8.78 Å². The summed E-state index contributed by atoms with van der Waals surface area (Å²) in [4.78, 5) is 0. The Bertz CT molecular complexity index is 363. The fourth-order valence-electron chi connectivity index (χ4n) is 1.46. The third-order valence-electron chi connectivity index (χ3n) is 2.44. The lowest BCUT2D eigenvalue weighted by Gasteiger charge is -2.12. The van der Waals surface area contributed by atoms with Crippen molar-refractivity contribution < 1.29 is 13.9 Å². The molecule has 76 valence electrons. The minimum absolute atomic E-state index is 0.0313. The maximum atomic E-state index is 13.3. The molecule has 2 rings (SSSR count). The molecule has 1 atom stereocenters. The summed E-state index contributed by atoms with van der Waals surface area (Å²) in [6.07, 6.45) is 0.708. The Morgan fingerprint density at radius 3 is 2.57 bits per heavy atom. The molecule has 0 saturated heterocycles. The first kappa shape index (κ1) is 9.87. The topological polar surface area (TPSA) is 20.2 Å². The molecule has 0 heterocycles. The number of hydrogen-bond acceptors (Lipinski definition) is 1. The number of aliphatic hydroxyl groups is 1. The Morgan fingerprint density at radius 2 is 2.00 bits per heavy atom. The molecule has 1 aromatic rings. The van der Waals surface area contributed by atoms with Gasteiger partial charge < -0.3 is 5.11 Å². The molecule has 1 N–H and O–H groups in total. The molecule has 0 amide bonds. The van der Waals surface area contributed by atoms with Gasteiger partial charge in [0.25, 0.3) is 0 Å². The Balaban J connectivity index is 2.43. The van der Waals surface area contributed by atoms with Crippen LogP contribution in [0.25, 0.3) is 0 Å². The van der Waals surface area contributed by atoms with Gasteiger partial charge in [0.2, 0.25) is 0 Å². The summed E-state index contributed by atoms with van der Waals surface area (Å²) < 4.78 is 26.1. The van der Waals surface area contributed by atoms with E-state index in [1.165, 1.54) is 6.07 Å². The molecule has 0 aliphatic heterocycles. The number of benzene rings is 1. The molecule has 4 heteroatoms. The Labute approximate surface area is 85.3 Å². The molecule has 0 spiro atoms. The molecule has 1 aliphatic rings. The highest BCUT2D eigenvalue weighted by Gasteiger charge is 2.34. The smallest absolute Gasteiger partial charge is 0.166 e. The van der Waals surface area contributed by atoms with Crippen LogP contribution in [0.5, 0.6) is 0 Å². The van der Waals surface area contributed by atoms with E-state index in [0.29, 0.717) is 0 Å². The minimum atomic E-state index is -1.03. The van der Waals surface area contributed by atoms with E-state index in [-0.39, 0.29) is 16.5 Å². The average Bonchev–Trinajstić information content (AvgIpc) is 2.95. The molecule has 1 nitrogen and oxygen atoms in total. The van der Waals surface area contributed by atoms with Crippen LogP contribution in [-0.4, -0.2) is 5.11 Å². The highest BCUT2D eigenvalue weighted by atomic mass is 35.5. The van der Waals surface area contributed by atoms with Crippen molar-refractivity contribution in [1.82, 2.24) is 0 Å². The summed E-state index contributed by atoms with van der Waals surface area (Å²) in [7, 11) is 0. The highest BCUT2D eigenvalue weighted by Crippen LogP contribution is 2.43. The van der Waals surface area contributed by atoms with Gasteiger partial charge in [-0.3, -0.25) is 0 Å². The number of aliphatic hydroxyl groups excluding tert-OH is 1. The van der Waals surface area contributed by atoms with Crippen LogP contribution in [0.15, 0.2) is 12.1 Å². The zero-order valence-electron chi connectivity index (χ0n) is 7.30. The van der Waals surface area contributed by atoms with E-state index in [1.54, 1.807) is 0 Å². The van der Waals surface area contributed by atoms with Crippen molar-refractivity contribution in [2.24, 2.45) is 5.92 Å². The number of halogens is 3. The predicted octanol–water partition coefficient (Wildman–Crippen LogP) is 3.06. The van der Waals surface area contributed by atoms with E-state index in [9.17, 15) is 13.9 Å². The molecule has 1 fully saturated rings. The van der Waals surface area contributed by atoms with Gasteiger partial charge in [-0.25, -0.2) is 8.78 Å². The van der Waals surface area contributed by atoms with Crippen LogP contribution < -0.4 is 0 Å². The Kier molecular flexibility index (Phi) is 2.45. The van der Waals surface area contributed by atoms with Gasteiger partial charge >= 0.3 is 0 Å². The third-order valence-corrected chi connectivity index (χ3v) is 2.77. The fourth-order valence-corrected chi connectivity index (χ4v) is 1.72. The van der Waals surface area contributed by atoms with Crippen molar-refractivity contribution in [2.75, 3.05) is 0 Å². The molecule has 0 radical (unpaired) electrons. The van der Waals surface area contributed by atoms with Crippen LogP contribution in [0.1, 0.15) is 24.5 Å². The second kappa shape index (κ2) is 3.48. The molecule has 1 aliphatic carbocycles. The summed E-state index contributed by atoms with van der Waals surface area (Å²) in [5, 5.41) is 9.74. The van der Waals surface area contributed by atoms with Crippen molar-refractivity contribution in [3.8, 4) is 0 Å². The second-order valence-corrected chi connectivity index (χ2v) is 3.95. The summed E-state index contributed by atoms with van der Waals surface area (Å²) in [6.45, 7) is 0. The molecule has 1 unspecified atom stereocenters. The van der Waals surface area contributed by atoms with Crippen LogP contribution in [0.2, 0.25) is 5.02 Å². The van der Waals surface area contributed by atoms with E-state index < -0.39 is 17.7 Å². The van der Waals surface area contributed by atoms with Crippen LogP contribution in [-0.2, 0) is 0 Å². The summed E-state index contributed by atoms with van der Waals surface area (Å²) in [5.74, 6) is -1.97. The molecule has 0 aromatic heterocycles. The zero-order valence-corrected chi connectivity index (χ0v) is 8.06. The van der Waals surface area contributed by atoms with Crippen molar-refractivity contribution in [1.29, 1.82) is 0 Å². The molecule has 0 bridgehead atoms. The van der Waals surface area contributed by atoms with Crippen molar-refractivity contribution in [3.05, 3.63) is 34.4 Å². The largest absolute Gasteiger partial charge is 0.388 e. The predicted molar refractivity (Wildman–Crippen MR) is 49.1 cm³/mol. The van der Waals surface area contributed by atoms with E-state index in [0.717, 1.165) is 18.9 Å². The lowest BCUT2D eigenvalue weighted by atomic mass is 10.0. The number of rotatable bonds is 2. The maximum Gasteiger partial charge on any atom is 0.166 e. The monoisotopic (exact) mass is 218 g/mol. The first-order valence-corrected chi connectivity index (χ1v) is 4.80. The average molecular weight is 219 g/mol. The summed E-state index contributed by atoms with van der Waals surface area (Å²) in [5.41, 5.74) is -0.103. The third kappa shape index (κ3) is 1.62. The van der Waals surface area contributed by atoms with Gasteiger partial charge in [0.05, 0.1) is 6.10 Å². The van der Waals surface area contributed by atoms with Crippen LogP contribution >= 0.6 is 11.6 Å². The minimum Gasteiger partial charge on any atom is -0.388 e. The maximum absolute atomic E-state index is 13.3. The lowest BCUT2D eigenvalue weighted by molar-refractivity contribution is 0.148. The quantitative estimate of drug-likeness (QED) is 0.757. The van der Waals surface area contributed by atoms with Crippen LogP contribution in [0.3, 0.4) is 0 Å². The standard InChI is InChI=1S/C10H9ClF2O/c11-6-3-4-7(12)9(13)8(6)10(14)5-1-2-5/h3-5,10,14H,1-2H2. The van der Waals surface area contributed by atoms with Crippen LogP contribution in [0, 0.1) is 17.6 Å². The first-order valence-electron chi connectivity index (χ1n) is 4.42. The summed E-state index contributed by atoms with van der Waals surface area (Å²) >= 11 is 5.70. The van der Waals surface area contributed by atoms with Crippen molar-refractivity contribution in [3.63, 3.8) is 0 Å². The van der Waals surface area contributed by atoms with Gasteiger partial charge in [-0.1, -0.05) is 11.6 Å². The molecule has 14 heavy (non-hydrogen) atoms. The second-order valence-electron chi connectivity index (χ2n) is 3.54. The van der Waals surface area contributed by atoms with Crippen molar-refractivity contribution in [2.45, 2.75) is 18.9 Å². The first-order chi connectivity index (χ1) is 6.61. The van der Waals surface area contributed by atoms with E-state index in [4.69, 9.17) is 11.6 Å². The van der Waals surface area contributed by atoms with E-state index in [1.807, 2.05) is 0 Å². The lowest BCUT2D eigenvalue weighted by Crippen LogP contribution is -2.05. The van der Waals surface area contributed by atoms with Gasteiger partial charge in [-0.05, 0) is 30.9 Å². The normalized spacial score (nSPS) is 18.3. The zero-order chi connectivity index (χ0) is 10.3. The molecule has 1 saturated carbocycles. The highest BCUT2D eigenvalue weighted by molar-refractivity contribution is 6.31. The van der Waals surface area contributed by atoms with Crippen molar-refractivity contribution >= 4 is 11.6 Å². The SMILES string of the molecule is OC(c1c(Cl)ccc(F)c1F)C1CC1. The molecular weight excluding hydrogens is 210 g/mol. The van der Waals surface area contributed by atoms with Gasteiger partial charge in [0.15, 0.2) is 11.6 Å². The molecular formula is C10H9ClF2O. The van der Waals surface area contributed by atoms with Gasteiger partial charge in [0, 0.05) is 10.6 Å². The van der Waals surface area contributed by atoms with Gasteiger partial charge in [-0.15, -0.1) is 0 Å². The Hall–Kier alpha value is -0.670. The number of hydrogen-bond donors (Lipinski definition) is 1. The van der Waals surface area contributed by atoms with Gasteiger partial charge in [0.1, 0.15) is 0 Å². The molecule has 1 aromatic carbocycles. The summed E-state index contributed by atoms with van der Waals surface area (Å²) in [6, 6.07) is 2.22. The van der Waals surface area contributed by atoms with E-state index in [2.05, 4.69) is 0 Å².